The van der Waals surface area contributed by atoms with Crippen LogP contribution in [0.5, 0.6) is 0 Å². The average molecular weight is 225 g/mol. The van der Waals surface area contributed by atoms with Crippen LogP contribution in [0.15, 0.2) is 18.6 Å². The third-order valence-corrected chi connectivity index (χ3v) is 2.41. The minimum absolute atomic E-state index is 0.0177. The largest absolute Gasteiger partial charge is 0.394 e. The van der Waals surface area contributed by atoms with Gasteiger partial charge in [-0.25, -0.2) is 9.50 Å². The molecule has 16 heavy (non-hydrogen) atoms. The molecule has 0 spiro atoms. The van der Waals surface area contributed by atoms with E-state index in [4.69, 9.17) is 15.9 Å². The molecule has 0 bridgehead atoms. The highest BCUT2D eigenvalue weighted by Gasteiger charge is 2.10. The maximum Gasteiger partial charge on any atom is 0.151 e. The van der Waals surface area contributed by atoms with E-state index < -0.39 is 0 Å². The molecule has 0 aliphatic carbocycles. The minimum Gasteiger partial charge on any atom is -0.394 e. The monoisotopic (exact) mass is 225 g/mol. The third kappa shape index (κ3) is 1.70. The molecule has 0 amide bonds. The van der Waals surface area contributed by atoms with Gasteiger partial charge in [0.05, 0.1) is 26.3 Å². The maximum atomic E-state index is 8.95. The number of hydrogen-bond donors (Lipinski definition) is 3. The quantitative estimate of drug-likeness (QED) is 0.584. The predicted molar refractivity (Wildman–Crippen MR) is 59.7 cm³/mol. The summed E-state index contributed by atoms with van der Waals surface area (Å²) < 4.78 is 1.76. The fourth-order valence-electron chi connectivity index (χ4n) is 1.67. The number of aliphatic hydroxyl groups excluding tert-OH is 2. The Bertz CT molecular complexity index is 457. The summed E-state index contributed by atoms with van der Waals surface area (Å²) in [6.45, 7) is 0.901. The number of nitrogens with zero attached hydrogens (tertiary/aromatic N) is 4. The first kappa shape index (κ1) is 10.8. The van der Waals surface area contributed by atoms with Crippen molar-refractivity contribution in [2.24, 2.45) is 0 Å². The van der Waals surface area contributed by atoms with Gasteiger partial charge in [0.2, 0.25) is 0 Å². The van der Waals surface area contributed by atoms with Crippen molar-refractivity contribution < 1.29 is 10.2 Å². The summed E-state index contributed by atoms with van der Waals surface area (Å²) in [6, 6.07) is 1.84. The predicted octanol–water partition coefficient (Wildman–Crippen LogP) is -1.36. The number of hydrogen-bond acceptors (Lipinski definition) is 5. The first-order valence-electron chi connectivity index (χ1n) is 5.05. The van der Waals surface area contributed by atoms with Gasteiger partial charge in [-0.05, 0) is 6.07 Å². The second-order valence-electron chi connectivity index (χ2n) is 3.40. The van der Waals surface area contributed by atoms with E-state index in [1.165, 1.54) is 0 Å². The third-order valence-electron chi connectivity index (χ3n) is 2.41. The summed E-state index contributed by atoms with van der Waals surface area (Å²) in [6.07, 6.45) is 3.42. The van der Waals surface area contributed by atoms with E-state index >= 15 is 0 Å². The van der Waals surface area contributed by atoms with E-state index in [1.54, 1.807) is 20.6 Å². The molecule has 2 aromatic rings. The van der Waals surface area contributed by atoms with Gasteiger partial charge in [0, 0.05) is 6.20 Å². The van der Waals surface area contributed by atoms with Crippen molar-refractivity contribution in [1.82, 2.24) is 14.3 Å². The van der Waals surface area contributed by atoms with Crippen LogP contribution in [0.1, 0.15) is 0 Å². The van der Waals surface area contributed by atoms with Crippen molar-refractivity contribution in [3.63, 3.8) is 0 Å². The Kier molecular flexibility index (Phi) is 2.97. The van der Waals surface area contributed by atoms with Crippen molar-refractivity contribution in [1.29, 1.82) is 0 Å². The Morgan fingerprint density at radius 1 is 1.31 bits per heavy atom. The summed E-state index contributed by atoms with van der Waals surface area (Å²) in [7, 11) is 0. The SMILES string of the molecule is Nc1ncn2c1ccn2N(CCO)CCO. The van der Waals surface area contributed by atoms with Crippen LogP contribution in [0.2, 0.25) is 0 Å². The molecule has 0 saturated carbocycles. The van der Waals surface area contributed by atoms with Crippen LogP contribution in [-0.4, -0.2) is 50.8 Å². The van der Waals surface area contributed by atoms with Gasteiger partial charge in [0.25, 0.3) is 0 Å². The molecule has 0 unspecified atom stereocenters. The highest BCUT2D eigenvalue weighted by atomic mass is 16.3. The highest BCUT2D eigenvalue weighted by Crippen LogP contribution is 2.11. The zero-order valence-electron chi connectivity index (χ0n) is 8.82. The van der Waals surface area contributed by atoms with Crippen LogP contribution < -0.4 is 10.7 Å². The molecule has 0 fully saturated rings. The molecular weight excluding hydrogens is 210 g/mol. The fourth-order valence-corrected chi connectivity index (χ4v) is 1.67. The van der Waals surface area contributed by atoms with E-state index in [1.807, 2.05) is 12.3 Å². The van der Waals surface area contributed by atoms with E-state index in [0.717, 1.165) is 5.52 Å². The molecule has 7 heteroatoms. The first-order valence-corrected chi connectivity index (χ1v) is 5.05. The average Bonchev–Trinajstić information content (AvgIpc) is 2.82. The Morgan fingerprint density at radius 2 is 2.00 bits per heavy atom. The lowest BCUT2D eigenvalue weighted by Gasteiger charge is -2.24. The Morgan fingerprint density at radius 3 is 2.62 bits per heavy atom. The van der Waals surface area contributed by atoms with Gasteiger partial charge >= 0.3 is 0 Å². The number of nitrogens with two attached hydrogens (primary N) is 1. The molecule has 2 rings (SSSR count). The van der Waals surface area contributed by atoms with Crippen LogP contribution in [0, 0.1) is 0 Å². The second kappa shape index (κ2) is 4.42. The summed E-state index contributed by atoms with van der Waals surface area (Å²) in [5.41, 5.74) is 6.48. The van der Waals surface area contributed by atoms with Crippen LogP contribution in [0.25, 0.3) is 5.52 Å². The number of fused-ring (bicyclic) bond motifs is 1. The normalized spacial score (nSPS) is 11.1. The number of aliphatic hydroxyl groups is 2. The molecule has 0 saturated heterocycles. The zero-order chi connectivity index (χ0) is 11.5. The van der Waals surface area contributed by atoms with Crippen molar-refractivity contribution in [3.8, 4) is 0 Å². The van der Waals surface area contributed by atoms with Crippen LogP contribution in [0.3, 0.4) is 0 Å². The van der Waals surface area contributed by atoms with E-state index in [9.17, 15) is 0 Å². The van der Waals surface area contributed by atoms with Crippen molar-refractivity contribution in [2.45, 2.75) is 0 Å². The number of aromatic nitrogens is 3. The Hall–Kier alpha value is -1.73. The van der Waals surface area contributed by atoms with Gasteiger partial charge in [-0.2, -0.15) is 4.79 Å². The van der Waals surface area contributed by atoms with Gasteiger partial charge in [-0.3, -0.25) is 5.01 Å². The molecule has 7 nitrogen and oxygen atoms in total. The van der Waals surface area contributed by atoms with Gasteiger partial charge in [-0.15, -0.1) is 0 Å². The zero-order valence-corrected chi connectivity index (χ0v) is 8.82. The summed E-state index contributed by atoms with van der Waals surface area (Å²) >= 11 is 0. The molecule has 0 radical (unpaired) electrons. The van der Waals surface area contributed by atoms with E-state index in [2.05, 4.69) is 4.98 Å². The summed E-state index contributed by atoms with van der Waals surface area (Å²) in [4.78, 5) is 5.76. The minimum atomic E-state index is 0.0177. The second-order valence-corrected chi connectivity index (χ2v) is 3.40. The molecule has 0 aromatic carbocycles. The van der Waals surface area contributed by atoms with Crippen molar-refractivity contribution in [2.75, 3.05) is 37.0 Å². The lowest BCUT2D eigenvalue weighted by atomic mass is 10.5. The molecule has 4 N–H and O–H groups in total. The van der Waals surface area contributed by atoms with Crippen molar-refractivity contribution in [3.05, 3.63) is 18.6 Å². The molecule has 0 aliphatic rings. The summed E-state index contributed by atoms with van der Waals surface area (Å²) in [5.74, 6) is 0.465. The number of nitrogen functional groups attached to an aromatic ring is 1. The van der Waals surface area contributed by atoms with Crippen LogP contribution in [0.4, 0.5) is 5.82 Å². The van der Waals surface area contributed by atoms with Gasteiger partial charge < -0.3 is 15.9 Å². The molecule has 0 atom stereocenters. The van der Waals surface area contributed by atoms with Crippen molar-refractivity contribution >= 4 is 11.3 Å². The van der Waals surface area contributed by atoms with Gasteiger partial charge in [0.1, 0.15) is 11.8 Å². The topological polar surface area (TPSA) is 92.0 Å². The Balaban J connectivity index is 2.35. The van der Waals surface area contributed by atoms with E-state index in [0.29, 0.717) is 18.9 Å². The maximum absolute atomic E-state index is 8.95. The highest BCUT2D eigenvalue weighted by molar-refractivity contribution is 5.64. The van der Waals surface area contributed by atoms with Crippen LogP contribution in [-0.2, 0) is 0 Å². The molecule has 0 aliphatic heterocycles. The standard InChI is InChI=1S/C9H15N5O2/c10-9-8-1-2-14(13(8)7-11-9)12(3-5-15)4-6-16/h1-2,7,15-16H,3-6,10H2. The van der Waals surface area contributed by atoms with E-state index in [-0.39, 0.29) is 13.2 Å². The smallest absolute Gasteiger partial charge is 0.151 e. The number of imidazole rings is 1. The molecule has 2 aromatic heterocycles. The summed E-state index contributed by atoms with van der Waals surface area (Å²) in [5, 5.41) is 19.7. The molecular formula is C9H15N5O2. The first-order chi connectivity index (χ1) is 7.77. The molecule has 2 heterocycles. The van der Waals surface area contributed by atoms with Gasteiger partial charge in [0.15, 0.2) is 5.82 Å². The number of anilines is 1. The lowest BCUT2D eigenvalue weighted by molar-refractivity contribution is 0.259. The lowest BCUT2D eigenvalue weighted by Crippen LogP contribution is -2.40. The number of rotatable bonds is 5. The molecule has 88 valence electrons. The van der Waals surface area contributed by atoms with Crippen LogP contribution >= 0.6 is 0 Å². The van der Waals surface area contributed by atoms with Gasteiger partial charge in [-0.1, -0.05) is 0 Å². The fraction of sp³-hybridized carbons (Fsp3) is 0.444. The Labute approximate surface area is 92.3 Å².